The third kappa shape index (κ3) is 4.49. The number of nitrogens with zero attached hydrogens (tertiary/aromatic N) is 1. The lowest BCUT2D eigenvalue weighted by Crippen LogP contribution is -2.27. The van der Waals surface area contributed by atoms with Gasteiger partial charge in [0.1, 0.15) is 11.2 Å². The van der Waals surface area contributed by atoms with Crippen molar-refractivity contribution in [2.45, 2.75) is 11.9 Å². The molecule has 0 radical (unpaired) electrons. The van der Waals surface area contributed by atoms with Crippen LogP contribution in [0.4, 0.5) is 10.1 Å². The van der Waals surface area contributed by atoms with Gasteiger partial charge >= 0.3 is 0 Å². The SMILES string of the molecule is O=C(Nc1ccc(F)cc1)c1ccc([C@H]2SCC(=O)N2Cc2ccccc2)cc1. The van der Waals surface area contributed by atoms with E-state index in [0.717, 1.165) is 11.1 Å². The second-order valence-corrected chi connectivity index (χ2v) is 7.82. The van der Waals surface area contributed by atoms with E-state index >= 15 is 0 Å². The Morgan fingerprint density at radius 3 is 2.38 bits per heavy atom. The number of hydrogen-bond donors (Lipinski definition) is 1. The largest absolute Gasteiger partial charge is 0.322 e. The maximum absolute atomic E-state index is 13.0. The van der Waals surface area contributed by atoms with Crippen LogP contribution in [0.5, 0.6) is 0 Å². The Labute approximate surface area is 172 Å². The summed E-state index contributed by atoms with van der Waals surface area (Å²) >= 11 is 1.59. The van der Waals surface area contributed by atoms with Crippen LogP contribution in [0.3, 0.4) is 0 Å². The summed E-state index contributed by atoms with van der Waals surface area (Å²) in [6, 6.07) is 22.8. The van der Waals surface area contributed by atoms with E-state index in [-0.39, 0.29) is 23.0 Å². The Bertz CT molecular complexity index is 1010. The summed E-state index contributed by atoms with van der Waals surface area (Å²) in [4.78, 5) is 26.7. The van der Waals surface area contributed by atoms with Gasteiger partial charge in [0, 0.05) is 17.8 Å². The lowest BCUT2D eigenvalue weighted by atomic mass is 10.1. The first-order valence-electron chi connectivity index (χ1n) is 9.22. The molecule has 0 spiro atoms. The van der Waals surface area contributed by atoms with Gasteiger partial charge in [-0.1, -0.05) is 42.5 Å². The fourth-order valence-corrected chi connectivity index (χ4v) is 4.40. The van der Waals surface area contributed by atoms with Crippen molar-refractivity contribution in [1.29, 1.82) is 0 Å². The molecule has 0 unspecified atom stereocenters. The molecule has 1 fully saturated rings. The minimum absolute atomic E-state index is 0.0723. The van der Waals surface area contributed by atoms with Gasteiger partial charge in [0.2, 0.25) is 5.91 Å². The van der Waals surface area contributed by atoms with E-state index in [1.54, 1.807) is 23.9 Å². The fourth-order valence-electron chi connectivity index (χ4n) is 3.22. The highest BCUT2D eigenvalue weighted by atomic mass is 32.2. The normalized spacial score (nSPS) is 16.1. The van der Waals surface area contributed by atoms with Gasteiger partial charge in [-0.05, 0) is 47.5 Å². The van der Waals surface area contributed by atoms with Crippen molar-refractivity contribution in [2.75, 3.05) is 11.1 Å². The van der Waals surface area contributed by atoms with Crippen LogP contribution < -0.4 is 5.32 Å². The van der Waals surface area contributed by atoms with E-state index in [0.29, 0.717) is 23.5 Å². The minimum atomic E-state index is -0.351. The molecule has 1 aliphatic rings. The lowest BCUT2D eigenvalue weighted by molar-refractivity contribution is -0.128. The van der Waals surface area contributed by atoms with E-state index in [1.807, 2.05) is 47.4 Å². The van der Waals surface area contributed by atoms with Crippen LogP contribution in [0.15, 0.2) is 78.9 Å². The number of amides is 2. The second-order valence-electron chi connectivity index (χ2n) is 6.75. The van der Waals surface area contributed by atoms with Crippen LogP contribution in [0.25, 0.3) is 0 Å². The van der Waals surface area contributed by atoms with Gasteiger partial charge in [0.25, 0.3) is 5.91 Å². The first-order valence-corrected chi connectivity index (χ1v) is 10.3. The summed E-state index contributed by atoms with van der Waals surface area (Å²) in [6.45, 7) is 0.560. The smallest absolute Gasteiger partial charge is 0.255 e. The predicted octanol–water partition coefficient (Wildman–Crippen LogP) is 4.85. The molecule has 3 aromatic rings. The molecule has 4 nitrogen and oxygen atoms in total. The maximum atomic E-state index is 13.0. The van der Waals surface area contributed by atoms with Gasteiger partial charge in [-0.3, -0.25) is 9.59 Å². The molecule has 146 valence electrons. The average molecular weight is 406 g/mol. The molecule has 0 aliphatic carbocycles. The highest BCUT2D eigenvalue weighted by Gasteiger charge is 2.32. The molecule has 1 saturated heterocycles. The second kappa shape index (κ2) is 8.49. The Hall–Kier alpha value is -3.12. The Balaban J connectivity index is 1.47. The molecule has 1 N–H and O–H groups in total. The van der Waals surface area contributed by atoms with Crippen LogP contribution in [-0.2, 0) is 11.3 Å². The number of carbonyl (C=O) groups excluding carboxylic acids is 2. The maximum Gasteiger partial charge on any atom is 0.255 e. The quantitative estimate of drug-likeness (QED) is 0.659. The zero-order valence-corrected chi connectivity index (χ0v) is 16.4. The monoisotopic (exact) mass is 406 g/mol. The van der Waals surface area contributed by atoms with Crippen molar-refractivity contribution in [1.82, 2.24) is 4.90 Å². The molecular formula is C23H19FN2O2S. The Morgan fingerprint density at radius 2 is 1.69 bits per heavy atom. The highest BCUT2D eigenvalue weighted by Crippen LogP contribution is 2.39. The third-order valence-corrected chi connectivity index (χ3v) is 5.98. The number of halogens is 1. The van der Waals surface area contributed by atoms with Crippen LogP contribution in [-0.4, -0.2) is 22.5 Å². The molecular weight excluding hydrogens is 387 g/mol. The average Bonchev–Trinajstić information content (AvgIpc) is 3.11. The minimum Gasteiger partial charge on any atom is -0.322 e. The fraction of sp³-hybridized carbons (Fsp3) is 0.130. The van der Waals surface area contributed by atoms with E-state index in [1.165, 1.54) is 24.3 Å². The number of hydrogen-bond acceptors (Lipinski definition) is 3. The van der Waals surface area contributed by atoms with Crippen LogP contribution >= 0.6 is 11.8 Å². The molecule has 1 heterocycles. The number of benzene rings is 3. The molecule has 0 aromatic heterocycles. The number of thioether (sulfide) groups is 1. The first kappa shape index (κ1) is 19.2. The van der Waals surface area contributed by atoms with Crippen molar-refractivity contribution in [3.8, 4) is 0 Å². The van der Waals surface area contributed by atoms with Crippen LogP contribution in [0, 0.1) is 5.82 Å². The summed E-state index contributed by atoms with van der Waals surface area (Å²) in [5.74, 6) is -0.0536. The standard InChI is InChI=1S/C23H19FN2O2S/c24-19-10-12-20(13-11-19)25-22(28)17-6-8-18(9-7-17)23-26(21(27)15-29-23)14-16-4-2-1-3-5-16/h1-13,23H,14-15H2,(H,25,28)/t23-/m1/s1. The summed E-state index contributed by atoms with van der Waals surface area (Å²) < 4.78 is 13.0. The molecule has 6 heteroatoms. The predicted molar refractivity (Wildman–Crippen MR) is 113 cm³/mol. The van der Waals surface area contributed by atoms with E-state index in [2.05, 4.69) is 5.32 Å². The van der Waals surface area contributed by atoms with Gasteiger partial charge in [0.15, 0.2) is 0 Å². The Kier molecular flexibility index (Phi) is 5.62. The van der Waals surface area contributed by atoms with Crippen molar-refractivity contribution < 1.29 is 14.0 Å². The zero-order chi connectivity index (χ0) is 20.2. The summed E-state index contributed by atoms with van der Waals surface area (Å²) in [5, 5.41) is 2.68. The summed E-state index contributed by atoms with van der Waals surface area (Å²) in [6.07, 6.45) is 0. The van der Waals surface area contributed by atoms with Gasteiger partial charge < -0.3 is 10.2 Å². The number of carbonyl (C=O) groups is 2. The molecule has 1 atom stereocenters. The lowest BCUT2D eigenvalue weighted by Gasteiger charge is -2.24. The molecule has 1 aliphatic heterocycles. The molecule has 2 amide bonds. The van der Waals surface area contributed by atoms with E-state index < -0.39 is 0 Å². The number of rotatable bonds is 5. The summed E-state index contributed by atoms with van der Waals surface area (Å²) in [7, 11) is 0. The van der Waals surface area contributed by atoms with E-state index in [9.17, 15) is 14.0 Å². The van der Waals surface area contributed by atoms with Crippen molar-refractivity contribution in [2.24, 2.45) is 0 Å². The summed E-state index contributed by atoms with van der Waals surface area (Å²) in [5.41, 5.74) is 3.10. The topological polar surface area (TPSA) is 49.4 Å². The zero-order valence-electron chi connectivity index (χ0n) is 15.5. The number of nitrogens with one attached hydrogen (secondary N) is 1. The molecule has 29 heavy (non-hydrogen) atoms. The molecule has 3 aromatic carbocycles. The number of anilines is 1. The van der Waals surface area contributed by atoms with Gasteiger partial charge in [0.05, 0.1) is 5.75 Å². The van der Waals surface area contributed by atoms with Crippen LogP contribution in [0.1, 0.15) is 26.9 Å². The molecule has 0 bridgehead atoms. The van der Waals surface area contributed by atoms with Gasteiger partial charge in [-0.2, -0.15) is 0 Å². The molecule has 0 saturated carbocycles. The van der Waals surface area contributed by atoms with Crippen molar-refractivity contribution >= 4 is 29.3 Å². The van der Waals surface area contributed by atoms with Crippen LogP contribution in [0.2, 0.25) is 0 Å². The van der Waals surface area contributed by atoms with Crippen molar-refractivity contribution in [3.05, 3.63) is 101 Å². The highest BCUT2D eigenvalue weighted by molar-refractivity contribution is 8.00. The van der Waals surface area contributed by atoms with E-state index in [4.69, 9.17) is 0 Å². The first-order chi connectivity index (χ1) is 14.1. The van der Waals surface area contributed by atoms with Crippen molar-refractivity contribution in [3.63, 3.8) is 0 Å². The molecule has 4 rings (SSSR count). The Morgan fingerprint density at radius 1 is 1.00 bits per heavy atom. The van der Waals surface area contributed by atoms with Gasteiger partial charge in [-0.15, -0.1) is 11.8 Å². The van der Waals surface area contributed by atoms with Gasteiger partial charge in [-0.25, -0.2) is 4.39 Å². The third-order valence-electron chi connectivity index (χ3n) is 4.72.